The van der Waals surface area contributed by atoms with Crippen molar-refractivity contribution in [2.24, 2.45) is 0 Å². The number of fused-ring (bicyclic) bond motifs is 1. The van der Waals surface area contributed by atoms with Gasteiger partial charge in [0.2, 0.25) is 10.0 Å². The number of carbonyl (C=O) groups excluding carboxylic acids is 1. The Kier molecular flexibility index (Phi) is 9.81. The number of carbonyl (C=O) groups is 1. The number of ether oxygens (including phenoxy) is 2. The summed E-state index contributed by atoms with van der Waals surface area (Å²) in [7, 11) is -0.385. The van der Waals surface area contributed by atoms with E-state index in [1.807, 2.05) is 49.4 Å². The molecule has 1 amide bonds. The lowest BCUT2D eigenvalue weighted by molar-refractivity contribution is 0.0947. The Morgan fingerprint density at radius 3 is 2.28 bits per heavy atom. The maximum atomic E-state index is 13.2. The third kappa shape index (κ3) is 6.93. The van der Waals surface area contributed by atoms with Crippen molar-refractivity contribution in [1.29, 1.82) is 0 Å². The number of sulfonamides is 1. The van der Waals surface area contributed by atoms with Gasteiger partial charge in [-0.05, 0) is 42.0 Å². The molecule has 0 saturated carbocycles. The minimum atomic E-state index is -3.69. The number of hydrogen-bond donors (Lipinski definition) is 1. The molecule has 5 rings (SSSR count). The molecule has 0 bridgehead atoms. The number of hydrogen-bond acceptors (Lipinski definition) is 9. The summed E-state index contributed by atoms with van der Waals surface area (Å²) in [5.74, 6) is 1.29. The molecule has 1 fully saturated rings. The molecule has 2 heterocycles. The number of nitrogens with zero attached hydrogens (tertiary/aromatic N) is 4. The topological polar surface area (TPSA) is 104 Å². The molecule has 3 aromatic carbocycles. The molecule has 0 atom stereocenters. The summed E-state index contributed by atoms with van der Waals surface area (Å²) in [4.78, 5) is 22.4. The van der Waals surface area contributed by atoms with Gasteiger partial charge in [0.05, 0.1) is 19.1 Å². The van der Waals surface area contributed by atoms with Crippen LogP contribution in [0.4, 0.5) is 5.13 Å². The second-order valence-corrected chi connectivity index (χ2v) is 13.1. The van der Waals surface area contributed by atoms with Crippen molar-refractivity contribution in [3.63, 3.8) is 0 Å². The molecule has 0 spiro atoms. The number of thiazole rings is 1. The molecule has 1 aromatic heterocycles. The number of amides is 1. The molecule has 228 valence electrons. The van der Waals surface area contributed by atoms with Crippen LogP contribution in [-0.4, -0.2) is 88.5 Å². The van der Waals surface area contributed by atoms with Crippen LogP contribution in [0.5, 0.6) is 11.5 Å². The number of rotatable bonds is 12. The van der Waals surface area contributed by atoms with Gasteiger partial charge < -0.3 is 19.7 Å². The number of benzene rings is 3. The Labute approximate surface area is 256 Å². The van der Waals surface area contributed by atoms with Crippen molar-refractivity contribution in [2.75, 3.05) is 64.9 Å². The number of aromatic nitrogens is 1. The SMILES string of the molecule is CCN(Cc1ccccc1)S(=O)(=O)c1ccc(C(=O)NCCN2CCN(c3nc4c(OC)ccc(OC)c4s3)CC2)cc1. The van der Waals surface area contributed by atoms with Crippen molar-refractivity contribution >= 4 is 42.6 Å². The average Bonchev–Trinajstić information content (AvgIpc) is 3.50. The Balaban J connectivity index is 1.11. The largest absolute Gasteiger partial charge is 0.495 e. The fraction of sp³-hybridized carbons (Fsp3) is 0.355. The highest BCUT2D eigenvalue weighted by atomic mass is 32.2. The zero-order valence-corrected chi connectivity index (χ0v) is 26.3. The van der Waals surface area contributed by atoms with Crippen molar-refractivity contribution in [3.05, 3.63) is 77.9 Å². The van der Waals surface area contributed by atoms with E-state index in [1.165, 1.54) is 16.4 Å². The zero-order valence-electron chi connectivity index (χ0n) is 24.7. The van der Waals surface area contributed by atoms with E-state index < -0.39 is 10.0 Å². The summed E-state index contributed by atoms with van der Waals surface area (Å²) in [5.41, 5.74) is 2.16. The highest BCUT2D eigenvalue weighted by molar-refractivity contribution is 7.89. The molecule has 0 aliphatic carbocycles. The Morgan fingerprint density at radius 1 is 0.953 bits per heavy atom. The molecule has 10 nitrogen and oxygen atoms in total. The predicted octanol–water partition coefficient (Wildman–Crippen LogP) is 4.08. The normalized spacial score (nSPS) is 14.3. The Bertz CT molecular complexity index is 1600. The van der Waals surface area contributed by atoms with Crippen molar-refractivity contribution in [2.45, 2.75) is 18.4 Å². The number of nitrogens with one attached hydrogen (secondary N) is 1. The van der Waals surface area contributed by atoms with E-state index in [-0.39, 0.29) is 10.8 Å². The van der Waals surface area contributed by atoms with E-state index in [2.05, 4.69) is 15.1 Å². The van der Waals surface area contributed by atoms with Crippen LogP contribution in [0.1, 0.15) is 22.8 Å². The average molecular weight is 624 g/mol. The van der Waals surface area contributed by atoms with Gasteiger partial charge in [0.15, 0.2) is 5.13 Å². The molecule has 12 heteroatoms. The van der Waals surface area contributed by atoms with Gasteiger partial charge in [-0.3, -0.25) is 9.69 Å². The van der Waals surface area contributed by atoms with E-state index >= 15 is 0 Å². The second-order valence-electron chi connectivity index (χ2n) is 10.2. The first-order valence-electron chi connectivity index (χ1n) is 14.2. The maximum Gasteiger partial charge on any atom is 0.251 e. The first kappa shape index (κ1) is 30.7. The molecule has 4 aromatic rings. The van der Waals surface area contributed by atoms with Gasteiger partial charge in [-0.2, -0.15) is 4.31 Å². The highest BCUT2D eigenvalue weighted by Crippen LogP contribution is 2.40. The monoisotopic (exact) mass is 623 g/mol. The first-order valence-corrected chi connectivity index (χ1v) is 16.5. The van der Waals surface area contributed by atoms with Crippen molar-refractivity contribution in [3.8, 4) is 11.5 Å². The van der Waals surface area contributed by atoms with E-state index in [4.69, 9.17) is 14.5 Å². The van der Waals surface area contributed by atoms with Gasteiger partial charge in [-0.15, -0.1) is 0 Å². The van der Waals surface area contributed by atoms with Crippen LogP contribution < -0.4 is 19.7 Å². The van der Waals surface area contributed by atoms with Gasteiger partial charge in [-0.25, -0.2) is 13.4 Å². The molecule has 43 heavy (non-hydrogen) atoms. The minimum Gasteiger partial charge on any atom is -0.495 e. The van der Waals surface area contributed by atoms with E-state index in [1.54, 1.807) is 37.7 Å². The zero-order chi connectivity index (χ0) is 30.4. The summed E-state index contributed by atoms with van der Waals surface area (Å²) in [6.07, 6.45) is 0. The van der Waals surface area contributed by atoms with Crippen LogP contribution in [0.15, 0.2) is 71.6 Å². The van der Waals surface area contributed by atoms with Gasteiger partial charge in [0, 0.05) is 57.9 Å². The molecule has 0 radical (unpaired) electrons. The first-order chi connectivity index (χ1) is 20.8. The van der Waals surface area contributed by atoms with Crippen LogP contribution >= 0.6 is 11.3 Å². The molecule has 0 unspecified atom stereocenters. The van der Waals surface area contributed by atoms with Crippen LogP contribution in [0.25, 0.3) is 10.2 Å². The fourth-order valence-corrected chi connectivity index (χ4v) is 7.65. The summed E-state index contributed by atoms with van der Waals surface area (Å²) < 4.78 is 39.8. The van der Waals surface area contributed by atoms with E-state index in [9.17, 15) is 13.2 Å². The number of anilines is 1. The van der Waals surface area contributed by atoms with Crippen molar-refractivity contribution < 1.29 is 22.7 Å². The Morgan fingerprint density at radius 2 is 1.63 bits per heavy atom. The summed E-state index contributed by atoms with van der Waals surface area (Å²) in [6.45, 7) is 7.03. The van der Waals surface area contributed by atoms with Crippen LogP contribution in [-0.2, 0) is 16.6 Å². The Hall–Kier alpha value is -3.71. The van der Waals surface area contributed by atoms with Crippen LogP contribution in [0, 0.1) is 0 Å². The molecular formula is C31H37N5O5S2. The van der Waals surface area contributed by atoms with Crippen LogP contribution in [0.3, 0.4) is 0 Å². The van der Waals surface area contributed by atoms with E-state index in [0.717, 1.165) is 65.1 Å². The van der Waals surface area contributed by atoms with E-state index in [0.29, 0.717) is 25.2 Å². The van der Waals surface area contributed by atoms with Crippen LogP contribution in [0.2, 0.25) is 0 Å². The molecule has 1 aliphatic rings. The lowest BCUT2D eigenvalue weighted by Gasteiger charge is -2.34. The lowest BCUT2D eigenvalue weighted by Crippen LogP contribution is -2.48. The molecule has 1 saturated heterocycles. The minimum absolute atomic E-state index is 0.171. The lowest BCUT2D eigenvalue weighted by atomic mass is 10.2. The highest BCUT2D eigenvalue weighted by Gasteiger charge is 2.24. The van der Waals surface area contributed by atoms with Gasteiger partial charge >= 0.3 is 0 Å². The maximum absolute atomic E-state index is 13.2. The fourth-order valence-electron chi connectivity index (χ4n) is 5.08. The van der Waals surface area contributed by atoms with Crippen molar-refractivity contribution in [1.82, 2.24) is 19.5 Å². The number of methoxy groups -OCH3 is 2. The molecule has 1 N–H and O–H groups in total. The molecular weight excluding hydrogens is 587 g/mol. The quantitative estimate of drug-likeness (QED) is 0.252. The summed E-state index contributed by atoms with van der Waals surface area (Å²) in [5, 5.41) is 3.91. The predicted molar refractivity (Wildman–Crippen MR) is 170 cm³/mol. The van der Waals surface area contributed by atoms with Gasteiger partial charge in [-0.1, -0.05) is 48.6 Å². The third-order valence-corrected chi connectivity index (χ3v) is 10.6. The summed E-state index contributed by atoms with van der Waals surface area (Å²) >= 11 is 1.60. The third-order valence-electron chi connectivity index (χ3n) is 7.56. The van der Waals surface area contributed by atoms with Gasteiger partial charge in [0.1, 0.15) is 21.7 Å². The molecule has 1 aliphatic heterocycles. The number of piperazine rings is 1. The second kappa shape index (κ2) is 13.7. The smallest absolute Gasteiger partial charge is 0.251 e. The summed E-state index contributed by atoms with van der Waals surface area (Å²) in [6, 6.07) is 19.4. The van der Waals surface area contributed by atoms with Gasteiger partial charge in [0.25, 0.3) is 5.91 Å². The standard InChI is InChI=1S/C31H37N5O5S2/c1-4-36(22-23-8-6-5-7-9-23)43(38,39)25-12-10-24(11-13-25)30(37)32-16-17-34-18-20-35(21-19-34)31-33-28-26(40-2)14-15-27(41-3)29(28)42-31/h5-15H,4,16-22H2,1-3H3,(H,32,37).